The zero-order valence-corrected chi connectivity index (χ0v) is 18.6. The van der Waals surface area contributed by atoms with Crippen LogP contribution < -0.4 is 9.64 Å². The van der Waals surface area contributed by atoms with Gasteiger partial charge in [0, 0.05) is 40.5 Å². The van der Waals surface area contributed by atoms with Gasteiger partial charge in [-0.1, -0.05) is 72.3 Å². The van der Waals surface area contributed by atoms with E-state index in [1.54, 1.807) is 0 Å². The van der Waals surface area contributed by atoms with Gasteiger partial charge in [0.2, 0.25) is 0 Å². The number of rotatable bonds is 3. The minimum absolute atomic E-state index is 0.699. The first-order valence-corrected chi connectivity index (χ1v) is 11.6. The molecule has 6 rings (SSSR count). The van der Waals surface area contributed by atoms with Crippen molar-refractivity contribution >= 4 is 34.1 Å². The third-order valence-electron chi connectivity index (χ3n) is 6.73. The van der Waals surface area contributed by atoms with Crippen molar-refractivity contribution in [3.05, 3.63) is 113 Å². The molecule has 0 aromatic heterocycles. The molecule has 1 fully saturated rings. The van der Waals surface area contributed by atoms with E-state index in [9.17, 15) is 0 Å². The number of halogens is 1. The molecule has 0 aliphatic carbocycles. The molecule has 4 aromatic rings. The Morgan fingerprint density at radius 3 is 2.34 bits per heavy atom. The van der Waals surface area contributed by atoms with Crippen molar-refractivity contribution in [2.45, 2.75) is 18.4 Å². The molecule has 4 aromatic carbocycles. The second kappa shape index (κ2) is 7.72. The number of nitrogens with zero attached hydrogens (tertiary/aromatic N) is 1. The van der Waals surface area contributed by atoms with Crippen LogP contribution >= 0.6 is 11.6 Å². The van der Waals surface area contributed by atoms with Gasteiger partial charge in [-0.15, -0.1) is 0 Å². The fourth-order valence-electron chi connectivity index (χ4n) is 5.06. The van der Waals surface area contributed by atoms with E-state index in [2.05, 4.69) is 83.8 Å². The van der Waals surface area contributed by atoms with Gasteiger partial charge >= 0.3 is 0 Å². The lowest BCUT2D eigenvalue weighted by Crippen LogP contribution is -2.34. The van der Waals surface area contributed by atoms with E-state index in [1.807, 2.05) is 18.2 Å². The highest BCUT2D eigenvalue weighted by Crippen LogP contribution is 2.46. The first-order chi connectivity index (χ1) is 15.7. The Kier molecular flexibility index (Phi) is 4.69. The fourth-order valence-corrected chi connectivity index (χ4v) is 5.33. The Morgan fingerprint density at radius 2 is 1.53 bits per heavy atom. The van der Waals surface area contributed by atoms with E-state index < -0.39 is 5.60 Å². The predicted molar refractivity (Wildman–Crippen MR) is 134 cm³/mol. The Labute approximate surface area is 193 Å². The van der Waals surface area contributed by atoms with Crippen LogP contribution in [0.15, 0.2) is 91.0 Å². The molecule has 0 spiro atoms. The van der Waals surface area contributed by atoms with Crippen LogP contribution in [-0.2, 0) is 5.60 Å². The molecule has 0 amide bonds. The maximum absolute atomic E-state index is 6.86. The predicted octanol–water partition coefficient (Wildman–Crippen LogP) is 7.44. The van der Waals surface area contributed by atoms with Crippen LogP contribution in [-0.4, -0.2) is 13.1 Å². The van der Waals surface area contributed by atoms with Crippen molar-refractivity contribution in [3.63, 3.8) is 0 Å². The minimum atomic E-state index is -0.780. The van der Waals surface area contributed by atoms with Gasteiger partial charge in [0.25, 0.3) is 0 Å². The highest BCUT2D eigenvalue weighted by molar-refractivity contribution is 6.31. The van der Waals surface area contributed by atoms with Gasteiger partial charge in [0.05, 0.1) is 0 Å². The number of ether oxygens (including phenoxy) is 1. The van der Waals surface area contributed by atoms with Crippen LogP contribution in [0, 0.1) is 0 Å². The Hall–Kier alpha value is -3.23. The molecule has 2 aliphatic rings. The van der Waals surface area contributed by atoms with E-state index in [-0.39, 0.29) is 0 Å². The van der Waals surface area contributed by atoms with E-state index in [1.165, 1.54) is 29.3 Å². The summed E-state index contributed by atoms with van der Waals surface area (Å²) in [4.78, 5) is 2.45. The van der Waals surface area contributed by atoms with Crippen molar-refractivity contribution in [2.24, 2.45) is 0 Å². The van der Waals surface area contributed by atoms with Crippen molar-refractivity contribution < 1.29 is 4.74 Å². The van der Waals surface area contributed by atoms with E-state index in [4.69, 9.17) is 16.3 Å². The molecular weight excluding hydrogens is 414 g/mol. The summed E-state index contributed by atoms with van der Waals surface area (Å²) in [6.07, 6.45) is 6.89. The van der Waals surface area contributed by atoms with Gasteiger partial charge in [-0.25, -0.2) is 0 Å². The zero-order valence-electron chi connectivity index (χ0n) is 17.8. The minimum Gasteiger partial charge on any atom is -0.473 e. The summed E-state index contributed by atoms with van der Waals surface area (Å²) in [6, 6.07) is 29.4. The van der Waals surface area contributed by atoms with Crippen molar-refractivity contribution in [1.82, 2.24) is 0 Å². The lowest BCUT2D eigenvalue weighted by atomic mass is 9.83. The third-order valence-corrected chi connectivity index (χ3v) is 7.06. The van der Waals surface area contributed by atoms with Gasteiger partial charge in [0.15, 0.2) is 5.60 Å². The molecule has 158 valence electrons. The zero-order chi connectivity index (χ0) is 21.5. The average Bonchev–Trinajstić information content (AvgIpc) is 3.39. The largest absolute Gasteiger partial charge is 0.473 e. The quantitative estimate of drug-likeness (QED) is 0.330. The molecule has 0 radical (unpaired) electrons. The molecule has 2 heterocycles. The highest BCUT2D eigenvalue weighted by atomic mass is 35.5. The molecule has 3 heteroatoms. The first-order valence-electron chi connectivity index (χ1n) is 11.3. The van der Waals surface area contributed by atoms with Crippen LogP contribution in [0.3, 0.4) is 0 Å². The summed E-state index contributed by atoms with van der Waals surface area (Å²) in [7, 11) is 0. The molecule has 1 saturated heterocycles. The molecule has 32 heavy (non-hydrogen) atoms. The second-order valence-electron chi connectivity index (χ2n) is 8.59. The number of hydrogen-bond donors (Lipinski definition) is 0. The summed E-state index contributed by atoms with van der Waals surface area (Å²) in [5.74, 6) is 0.870. The summed E-state index contributed by atoms with van der Waals surface area (Å²) in [6.45, 7) is 2.26. The lowest BCUT2D eigenvalue weighted by Gasteiger charge is -2.37. The molecule has 0 N–H and O–H groups in total. The standard InChI is InChI=1S/C29H24ClNO/c30-27-10-4-3-9-26(27)29(22-12-14-23(15-13-22)31-19-5-6-20-31)18-17-25-24-8-2-1-7-21(24)11-16-28(25)32-29/h1-4,7-18H,5-6,19-20H2. The molecule has 1 unspecified atom stereocenters. The van der Waals surface area contributed by atoms with Gasteiger partial charge in [-0.3, -0.25) is 0 Å². The number of hydrogen-bond acceptors (Lipinski definition) is 2. The van der Waals surface area contributed by atoms with Gasteiger partial charge in [-0.2, -0.15) is 0 Å². The molecule has 2 aliphatic heterocycles. The van der Waals surface area contributed by atoms with Gasteiger partial charge < -0.3 is 9.64 Å². The van der Waals surface area contributed by atoms with Crippen LogP contribution in [0.2, 0.25) is 5.02 Å². The number of benzene rings is 4. The SMILES string of the molecule is Clc1ccccc1C1(c2ccc(N3CCCC3)cc2)C=Cc2c(ccc3ccccc23)O1. The van der Waals surface area contributed by atoms with Crippen molar-refractivity contribution in [3.8, 4) is 5.75 Å². The second-order valence-corrected chi connectivity index (χ2v) is 9.00. The monoisotopic (exact) mass is 437 g/mol. The molecule has 2 nitrogen and oxygen atoms in total. The van der Waals surface area contributed by atoms with Gasteiger partial charge in [-0.05, 0) is 60.0 Å². The smallest absolute Gasteiger partial charge is 0.179 e. The summed E-state index contributed by atoms with van der Waals surface area (Å²) in [5.41, 5.74) is 3.62. The summed E-state index contributed by atoms with van der Waals surface area (Å²) >= 11 is 6.73. The normalized spacial score (nSPS) is 19.7. The molecule has 0 bridgehead atoms. The highest BCUT2D eigenvalue weighted by Gasteiger charge is 2.39. The lowest BCUT2D eigenvalue weighted by molar-refractivity contribution is 0.161. The topological polar surface area (TPSA) is 12.5 Å². The number of fused-ring (bicyclic) bond motifs is 3. The Morgan fingerprint density at radius 1 is 0.781 bits per heavy atom. The molecule has 0 saturated carbocycles. The molecule has 1 atom stereocenters. The van der Waals surface area contributed by atoms with Crippen molar-refractivity contribution in [2.75, 3.05) is 18.0 Å². The fraction of sp³-hybridized carbons (Fsp3) is 0.172. The van der Waals surface area contributed by atoms with Gasteiger partial charge in [0.1, 0.15) is 5.75 Å². The van der Waals surface area contributed by atoms with Crippen LogP contribution in [0.5, 0.6) is 5.75 Å². The van der Waals surface area contributed by atoms with Crippen LogP contribution in [0.1, 0.15) is 29.5 Å². The van der Waals surface area contributed by atoms with Crippen LogP contribution in [0.25, 0.3) is 16.8 Å². The summed E-state index contributed by atoms with van der Waals surface area (Å²) < 4.78 is 6.86. The third kappa shape index (κ3) is 3.10. The van der Waals surface area contributed by atoms with E-state index in [0.717, 1.165) is 35.5 Å². The maximum atomic E-state index is 6.86. The first kappa shape index (κ1) is 19.5. The average molecular weight is 438 g/mol. The maximum Gasteiger partial charge on any atom is 0.179 e. The summed E-state index contributed by atoms with van der Waals surface area (Å²) in [5, 5.41) is 3.10. The Balaban J connectivity index is 1.50. The van der Waals surface area contributed by atoms with E-state index in [0.29, 0.717) is 5.02 Å². The number of anilines is 1. The van der Waals surface area contributed by atoms with Crippen LogP contribution in [0.4, 0.5) is 5.69 Å². The van der Waals surface area contributed by atoms with E-state index >= 15 is 0 Å². The van der Waals surface area contributed by atoms with Crippen molar-refractivity contribution in [1.29, 1.82) is 0 Å². The Bertz CT molecular complexity index is 1320. The molecular formula is C29H24ClNO.